The van der Waals surface area contributed by atoms with Crippen molar-refractivity contribution >= 4 is 18.0 Å². The average Bonchev–Trinajstić information content (AvgIpc) is 3.07. The minimum absolute atomic E-state index is 0.0575. The third-order valence-electron chi connectivity index (χ3n) is 8.21. The van der Waals surface area contributed by atoms with Crippen LogP contribution in [0.25, 0.3) is 31.3 Å². The maximum atomic E-state index is 13.5. The predicted molar refractivity (Wildman–Crippen MR) is 169 cm³/mol. The van der Waals surface area contributed by atoms with Crippen molar-refractivity contribution in [2.75, 3.05) is 6.54 Å². The van der Waals surface area contributed by atoms with Crippen molar-refractivity contribution in [1.29, 1.82) is 0 Å². The predicted octanol–water partition coefficient (Wildman–Crippen LogP) is 6.29. The fraction of sp³-hybridized carbons (Fsp3) is 0.516. The van der Waals surface area contributed by atoms with Gasteiger partial charge in [0, 0.05) is 47.1 Å². The highest BCUT2D eigenvalue weighted by Gasteiger charge is 2.54. The summed E-state index contributed by atoms with van der Waals surface area (Å²) in [6.07, 6.45) is -4.17. The smallest absolute Gasteiger partial charge is 0.410 e. The van der Waals surface area contributed by atoms with Crippen molar-refractivity contribution in [3.05, 3.63) is 103 Å². The highest BCUT2D eigenvalue weighted by atomic mass is 16.6. The summed E-state index contributed by atoms with van der Waals surface area (Å²) in [6, 6.07) is 15.7. The van der Waals surface area contributed by atoms with Crippen LogP contribution in [0.15, 0.2) is 76.0 Å². The van der Waals surface area contributed by atoms with E-state index in [2.05, 4.69) is 30.1 Å². The number of amides is 1. The summed E-state index contributed by atoms with van der Waals surface area (Å²) in [6.45, 7) is 2.65. The first-order valence-electron chi connectivity index (χ1n) is 15.4. The van der Waals surface area contributed by atoms with E-state index in [1.165, 1.54) is 4.90 Å². The van der Waals surface area contributed by atoms with Crippen LogP contribution in [0.5, 0.6) is 0 Å². The van der Waals surface area contributed by atoms with E-state index in [9.17, 15) is 31.0 Å². The first kappa shape index (κ1) is 35.4. The Morgan fingerprint density at radius 3 is 1.96 bits per heavy atom. The molecule has 8 atom stereocenters. The lowest BCUT2D eigenvalue weighted by atomic mass is 9.72. The SMILES string of the molecule is CC(=O)O[C@H]1[C@H](C2O[C@H](CN(Cc3ccccc3)C(=O)OCc3ccccc3)CCC2N=[N+]=[N-])C(N=[N+]=[N-])CC(N=[N+]=[N-])[C@@H]1OC(C)=O. The molecule has 48 heavy (non-hydrogen) atoms. The van der Waals surface area contributed by atoms with Crippen LogP contribution >= 0.6 is 0 Å². The van der Waals surface area contributed by atoms with Crippen LogP contribution in [0.3, 0.4) is 0 Å². The Hall–Kier alpha value is -5.46. The molecule has 1 saturated carbocycles. The van der Waals surface area contributed by atoms with Crippen LogP contribution in [0.1, 0.15) is 44.2 Å². The molecule has 2 fully saturated rings. The number of benzene rings is 2. The van der Waals surface area contributed by atoms with Gasteiger partial charge in [-0.3, -0.25) is 9.59 Å². The molecule has 17 nitrogen and oxygen atoms in total. The normalized spacial score (nSPS) is 26.3. The number of carbonyl (C=O) groups excluding carboxylic acids is 3. The van der Waals surface area contributed by atoms with Crippen LogP contribution in [0, 0.1) is 5.92 Å². The number of carbonyl (C=O) groups is 3. The van der Waals surface area contributed by atoms with E-state index in [0.717, 1.165) is 25.0 Å². The molecule has 0 N–H and O–H groups in total. The molecule has 2 aliphatic rings. The summed E-state index contributed by atoms with van der Waals surface area (Å²) in [5.41, 5.74) is 29.8. The Balaban J connectivity index is 1.67. The van der Waals surface area contributed by atoms with E-state index in [4.69, 9.17) is 18.9 Å². The molecule has 0 radical (unpaired) electrons. The number of hydrogen-bond donors (Lipinski definition) is 0. The van der Waals surface area contributed by atoms with E-state index >= 15 is 0 Å². The van der Waals surface area contributed by atoms with E-state index in [0.29, 0.717) is 12.8 Å². The van der Waals surface area contributed by atoms with Gasteiger partial charge in [-0.05, 0) is 47.0 Å². The van der Waals surface area contributed by atoms with Gasteiger partial charge in [0.15, 0.2) is 0 Å². The fourth-order valence-corrected chi connectivity index (χ4v) is 6.28. The maximum absolute atomic E-state index is 13.5. The zero-order valence-corrected chi connectivity index (χ0v) is 26.5. The first-order valence-corrected chi connectivity index (χ1v) is 15.4. The molecule has 2 aromatic carbocycles. The van der Waals surface area contributed by atoms with Gasteiger partial charge in [-0.15, -0.1) is 0 Å². The molecule has 252 valence electrons. The maximum Gasteiger partial charge on any atom is 0.410 e. The van der Waals surface area contributed by atoms with Crippen LogP contribution in [-0.2, 0) is 41.7 Å². The lowest BCUT2D eigenvalue weighted by molar-refractivity contribution is -0.194. The molecule has 4 unspecified atom stereocenters. The van der Waals surface area contributed by atoms with Gasteiger partial charge in [0.2, 0.25) is 0 Å². The molecule has 17 heteroatoms. The quantitative estimate of drug-likeness (QED) is 0.0827. The second-order valence-electron chi connectivity index (χ2n) is 11.5. The number of azide groups is 3. The Labute approximate surface area is 276 Å². The third-order valence-corrected chi connectivity index (χ3v) is 8.21. The summed E-state index contributed by atoms with van der Waals surface area (Å²) >= 11 is 0. The Kier molecular flexibility index (Phi) is 12.9. The zero-order valence-electron chi connectivity index (χ0n) is 26.5. The summed E-state index contributed by atoms with van der Waals surface area (Å²) in [7, 11) is 0. The number of hydrogen-bond acceptors (Lipinski definition) is 10. The summed E-state index contributed by atoms with van der Waals surface area (Å²) in [5, 5.41) is 11.6. The second-order valence-corrected chi connectivity index (χ2v) is 11.5. The first-order chi connectivity index (χ1) is 23.2. The van der Waals surface area contributed by atoms with E-state index in [1.807, 2.05) is 60.7 Å². The van der Waals surface area contributed by atoms with Crippen molar-refractivity contribution in [1.82, 2.24) is 4.90 Å². The molecule has 0 bridgehead atoms. The molecule has 0 aromatic heterocycles. The molecule has 1 aliphatic heterocycles. The van der Waals surface area contributed by atoms with Gasteiger partial charge < -0.3 is 23.8 Å². The molecular weight excluding hydrogens is 624 g/mol. The summed E-state index contributed by atoms with van der Waals surface area (Å²) in [4.78, 5) is 48.3. The zero-order chi connectivity index (χ0) is 34.5. The minimum Gasteiger partial charge on any atom is -0.458 e. The Bertz CT molecular complexity index is 1560. The van der Waals surface area contributed by atoms with Crippen LogP contribution in [-0.4, -0.2) is 72.0 Å². The lowest BCUT2D eigenvalue weighted by Gasteiger charge is -2.49. The van der Waals surface area contributed by atoms with Crippen LogP contribution in [0.4, 0.5) is 4.79 Å². The molecule has 1 amide bonds. The second kappa shape index (κ2) is 17.5. The van der Waals surface area contributed by atoms with Crippen LogP contribution < -0.4 is 0 Å². The van der Waals surface area contributed by atoms with Crippen molar-refractivity contribution in [2.24, 2.45) is 21.3 Å². The Morgan fingerprint density at radius 1 is 0.792 bits per heavy atom. The lowest BCUT2D eigenvalue weighted by Crippen LogP contribution is -2.61. The number of ether oxygens (including phenoxy) is 4. The fourth-order valence-electron chi connectivity index (χ4n) is 6.28. The number of rotatable bonds is 12. The third kappa shape index (κ3) is 9.53. The van der Waals surface area contributed by atoms with Gasteiger partial charge >= 0.3 is 18.0 Å². The van der Waals surface area contributed by atoms with Gasteiger partial charge in [0.1, 0.15) is 18.8 Å². The van der Waals surface area contributed by atoms with Gasteiger partial charge in [-0.2, -0.15) is 0 Å². The molecule has 4 rings (SSSR count). The van der Waals surface area contributed by atoms with Gasteiger partial charge in [-0.1, -0.05) is 76.0 Å². The largest absolute Gasteiger partial charge is 0.458 e. The number of nitrogens with zero attached hydrogens (tertiary/aromatic N) is 10. The highest BCUT2D eigenvalue weighted by Crippen LogP contribution is 2.41. The Morgan fingerprint density at radius 2 is 1.35 bits per heavy atom. The minimum atomic E-state index is -1.30. The summed E-state index contributed by atoms with van der Waals surface area (Å²) < 4.78 is 23.4. The van der Waals surface area contributed by atoms with Gasteiger partial charge in [0.25, 0.3) is 0 Å². The molecule has 2 aromatic rings. The molecule has 1 saturated heterocycles. The van der Waals surface area contributed by atoms with Crippen molar-refractivity contribution in [3.8, 4) is 0 Å². The number of esters is 2. The monoisotopic (exact) mass is 660 g/mol. The van der Waals surface area contributed by atoms with Crippen molar-refractivity contribution in [2.45, 2.75) is 88.8 Å². The average molecular weight is 661 g/mol. The van der Waals surface area contributed by atoms with Crippen molar-refractivity contribution < 1.29 is 33.3 Å². The van der Waals surface area contributed by atoms with Gasteiger partial charge in [0.05, 0.1) is 30.8 Å². The summed E-state index contributed by atoms with van der Waals surface area (Å²) in [5.74, 6) is -2.47. The molecular formula is C31H36N10O7. The topological polar surface area (TPSA) is 238 Å². The molecule has 1 heterocycles. The van der Waals surface area contributed by atoms with E-state index in [-0.39, 0.29) is 26.1 Å². The molecule has 0 spiro atoms. The van der Waals surface area contributed by atoms with Gasteiger partial charge in [-0.25, -0.2) is 4.79 Å². The van der Waals surface area contributed by atoms with E-state index < -0.39 is 66.5 Å². The standard InChI is InChI=1S/C31H36N10O7/c1-19(42)46-29-26(37-40-34)15-25(36-39-33)27(30(29)47-20(2)43)28-24(35-38-32)14-13-23(48-28)17-41(16-21-9-5-3-6-10-21)31(44)45-18-22-11-7-4-8-12-22/h3-12,23-30H,13-18H2,1-2H3/t23-,24?,25?,26?,27-,28?,29-,30-/m0/s1. The van der Waals surface area contributed by atoms with E-state index in [1.54, 1.807) is 0 Å². The van der Waals surface area contributed by atoms with Crippen molar-refractivity contribution in [3.63, 3.8) is 0 Å². The molecule has 1 aliphatic carbocycles. The van der Waals surface area contributed by atoms with Crippen LogP contribution in [0.2, 0.25) is 0 Å². The highest BCUT2D eigenvalue weighted by molar-refractivity contribution is 5.68.